The fraction of sp³-hybridized carbons (Fsp3) is 0.500. The van der Waals surface area contributed by atoms with Crippen LogP contribution < -0.4 is 10.6 Å². The fourth-order valence-corrected chi connectivity index (χ4v) is 2.02. The third-order valence-electron chi connectivity index (χ3n) is 2.66. The zero-order valence-corrected chi connectivity index (χ0v) is 12.7. The Labute approximate surface area is 120 Å². The second kappa shape index (κ2) is 7.59. The molecule has 1 rings (SSSR count). The Bertz CT molecular complexity index is 376. The number of hydrogen-bond acceptors (Lipinski definition) is 1. The topological polar surface area (TPSA) is 24.1 Å². The van der Waals surface area contributed by atoms with Crippen molar-refractivity contribution in [3.8, 4) is 0 Å². The molecule has 0 bridgehead atoms. The van der Waals surface area contributed by atoms with E-state index < -0.39 is 0 Å². The van der Waals surface area contributed by atoms with E-state index in [-0.39, 0.29) is 0 Å². The average Bonchev–Trinajstić information content (AvgIpc) is 2.29. The van der Waals surface area contributed by atoms with Crippen molar-refractivity contribution in [2.45, 2.75) is 39.7 Å². The largest absolute Gasteiger partial charge is 0.360 e. The normalized spacial score (nSPS) is 12.3. The smallest absolute Gasteiger partial charge is 0.170 e. The Kier molecular flexibility index (Phi) is 6.44. The zero-order valence-electron chi connectivity index (χ0n) is 11.2. The molecule has 1 aromatic rings. The molecule has 0 spiro atoms. The van der Waals surface area contributed by atoms with E-state index in [0.29, 0.717) is 11.2 Å². The summed E-state index contributed by atoms with van der Waals surface area (Å²) in [6.07, 6.45) is 2.33. The maximum atomic E-state index is 5.83. The third-order valence-corrected chi connectivity index (χ3v) is 3.13. The highest BCUT2D eigenvalue weighted by Gasteiger charge is 2.05. The van der Waals surface area contributed by atoms with Crippen LogP contribution in [0.15, 0.2) is 24.3 Å². The van der Waals surface area contributed by atoms with Gasteiger partial charge in [0.15, 0.2) is 5.11 Å². The first-order valence-corrected chi connectivity index (χ1v) is 7.09. The van der Waals surface area contributed by atoms with Gasteiger partial charge < -0.3 is 10.6 Å². The highest BCUT2D eigenvalue weighted by Crippen LogP contribution is 2.13. The molecule has 0 saturated carbocycles. The highest BCUT2D eigenvalue weighted by atomic mass is 35.5. The molecule has 100 valence electrons. The first-order valence-electron chi connectivity index (χ1n) is 6.30. The van der Waals surface area contributed by atoms with E-state index in [1.165, 1.54) is 6.42 Å². The first-order chi connectivity index (χ1) is 8.47. The van der Waals surface area contributed by atoms with E-state index in [2.05, 4.69) is 31.4 Å². The number of anilines is 1. The van der Waals surface area contributed by atoms with Gasteiger partial charge in [-0.3, -0.25) is 0 Å². The molecule has 0 aliphatic carbocycles. The Morgan fingerprint density at radius 3 is 2.33 bits per heavy atom. The van der Waals surface area contributed by atoms with Gasteiger partial charge in [-0.2, -0.15) is 0 Å². The molecule has 2 N–H and O–H groups in total. The van der Waals surface area contributed by atoms with Crippen LogP contribution in [0, 0.1) is 5.92 Å². The van der Waals surface area contributed by atoms with E-state index >= 15 is 0 Å². The quantitative estimate of drug-likeness (QED) is 0.781. The van der Waals surface area contributed by atoms with Crippen LogP contribution >= 0.6 is 23.8 Å². The summed E-state index contributed by atoms with van der Waals surface area (Å²) in [7, 11) is 0. The Balaban J connectivity index is 2.34. The number of rotatable bonds is 5. The van der Waals surface area contributed by atoms with Gasteiger partial charge in [0.25, 0.3) is 0 Å². The molecule has 0 amide bonds. The maximum absolute atomic E-state index is 5.83. The van der Waals surface area contributed by atoms with Crippen molar-refractivity contribution in [1.29, 1.82) is 0 Å². The molecule has 4 heteroatoms. The van der Waals surface area contributed by atoms with Crippen LogP contribution in [-0.4, -0.2) is 11.2 Å². The van der Waals surface area contributed by atoms with Gasteiger partial charge in [0.2, 0.25) is 0 Å². The van der Waals surface area contributed by atoms with E-state index in [9.17, 15) is 0 Å². The van der Waals surface area contributed by atoms with Crippen molar-refractivity contribution in [2.24, 2.45) is 5.92 Å². The summed E-state index contributed by atoms with van der Waals surface area (Å²) < 4.78 is 0. The second-order valence-corrected chi connectivity index (χ2v) is 5.82. The Morgan fingerprint density at radius 2 is 1.78 bits per heavy atom. The van der Waals surface area contributed by atoms with Crippen molar-refractivity contribution in [3.05, 3.63) is 29.3 Å². The molecule has 0 fully saturated rings. The molecule has 1 aromatic carbocycles. The summed E-state index contributed by atoms with van der Waals surface area (Å²) in [5.74, 6) is 0.729. The van der Waals surface area contributed by atoms with Crippen LogP contribution in [0.25, 0.3) is 0 Å². The maximum Gasteiger partial charge on any atom is 0.170 e. The number of benzene rings is 1. The van der Waals surface area contributed by atoms with Gasteiger partial charge in [-0.15, -0.1) is 0 Å². The molecule has 0 radical (unpaired) electrons. The fourth-order valence-electron chi connectivity index (χ4n) is 1.58. The molecule has 0 aliphatic rings. The average molecular weight is 285 g/mol. The Morgan fingerprint density at radius 1 is 1.17 bits per heavy atom. The molecule has 0 aromatic heterocycles. The monoisotopic (exact) mass is 284 g/mol. The van der Waals surface area contributed by atoms with E-state index in [1.54, 1.807) is 0 Å². The summed E-state index contributed by atoms with van der Waals surface area (Å²) in [5, 5.41) is 7.82. The lowest BCUT2D eigenvalue weighted by molar-refractivity contribution is 0.494. The van der Waals surface area contributed by atoms with E-state index in [1.807, 2.05) is 24.3 Å². The van der Waals surface area contributed by atoms with Gasteiger partial charge in [0.05, 0.1) is 0 Å². The lowest BCUT2D eigenvalue weighted by Crippen LogP contribution is -2.36. The van der Waals surface area contributed by atoms with Gasteiger partial charge in [0, 0.05) is 16.8 Å². The summed E-state index contributed by atoms with van der Waals surface area (Å²) >= 11 is 11.1. The first kappa shape index (κ1) is 15.3. The summed E-state index contributed by atoms with van der Waals surface area (Å²) in [5.41, 5.74) is 0.952. The molecule has 0 aliphatic heterocycles. The van der Waals surface area contributed by atoms with Crippen LogP contribution in [0.3, 0.4) is 0 Å². The third kappa shape index (κ3) is 6.22. The minimum absolute atomic E-state index is 0.389. The molecule has 18 heavy (non-hydrogen) atoms. The molecule has 0 heterocycles. The predicted octanol–water partition coefficient (Wildman–Crippen LogP) is 4.45. The molecule has 2 nitrogen and oxygen atoms in total. The summed E-state index contributed by atoms with van der Waals surface area (Å²) in [6.45, 7) is 6.62. The molecular formula is C14H21ClN2S. The number of nitrogens with one attached hydrogen (secondary N) is 2. The minimum atomic E-state index is 0.389. The lowest BCUT2D eigenvalue weighted by Gasteiger charge is -2.17. The molecular weight excluding hydrogens is 264 g/mol. The zero-order chi connectivity index (χ0) is 13.5. The van der Waals surface area contributed by atoms with Crippen molar-refractivity contribution < 1.29 is 0 Å². The van der Waals surface area contributed by atoms with Gasteiger partial charge >= 0.3 is 0 Å². The van der Waals surface area contributed by atoms with Crippen molar-refractivity contribution >= 4 is 34.6 Å². The van der Waals surface area contributed by atoms with Gasteiger partial charge in [0.1, 0.15) is 0 Å². The molecule has 1 unspecified atom stereocenters. The standard InChI is InChI=1S/C14H21ClN2S/c1-10(2)4-5-11(3)16-14(18)17-13-8-6-12(15)7-9-13/h6-11H,4-5H2,1-3H3,(H2,16,17,18). The number of halogens is 1. The Hall–Kier alpha value is -0.800. The van der Waals surface area contributed by atoms with E-state index in [0.717, 1.165) is 23.0 Å². The summed E-state index contributed by atoms with van der Waals surface area (Å²) in [6, 6.07) is 7.90. The van der Waals surface area contributed by atoms with Crippen LogP contribution in [0.2, 0.25) is 5.02 Å². The molecule has 0 saturated heterocycles. The van der Waals surface area contributed by atoms with Crippen LogP contribution in [0.1, 0.15) is 33.6 Å². The SMILES string of the molecule is CC(C)CCC(C)NC(=S)Nc1ccc(Cl)cc1. The van der Waals surface area contributed by atoms with Crippen LogP contribution in [0.5, 0.6) is 0 Å². The van der Waals surface area contributed by atoms with Gasteiger partial charge in [-0.25, -0.2) is 0 Å². The van der Waals surface area contributed by atoms with E-state index in [4.69, 9.17) is 23.8 Å². The highest BCUT2D eigenvalue weighted by molar-refractivity contribution is 7.80. The lowest BCUT2D eigenvalue weighted by atomic mass is 10.0. The van der Waals surface area contributed by atoms with Gasteiger partial charge in [-0.05, 0) is 62.2 Å². The van der Waals surface area contributed by atoms with Crippen molar-refractivity contribution in [1.82, 2.24) is 5.32 Å². The minimum Gasteiger partial charge on any atom is -0.360 e. The predicted molar refractivity (Wildman–Crippen MR) is 84.3 cm³/mol. The van der Waals surface area contributed by atoms with Gasteiger partial charge in [-0.1, -0.05) is 25.4 Å². The second-order valence-electron chi connectivity index (χ2n) is 4.98. The number of hydrogen-bond donors (Lipinski definition) is 2. The van der Waals surface area contributed by atoms with Crippen molar-refractivity contribution in [2.75, 3.05) is 5.32 Å². The summed E-state index contributed by atoms with van der Waals surface area (Å²) in [4.78, 5) is 0. The van der Waals surface area contributed by atoms with Crippen molar-refractivity contribution in [3.63, 3.8) is 0 Å². The van der Waals surface area contributed by atoms with Crippen LogP contribution in [0.4, 0.5) is 5.69 Å². The number of thiocarbonyl (C=S) groups is 1. The van der Waals surface area contributed by atoms with Crippen LogP contribution in [-0.2, 0) is 0 Å². The molecule has 1 atom stereocenters.